The van der Waals surface area contributed by atoms with E-state index in [1.165, 1.54) is 13.2 Å². The van der Waals surface area contributed by atoms with Gasteiger partial charge in [0.15, 0.2) is 0 Å². The van der Waals surface area contributed by atoms with Crippen molar-refractivity contribution in [3.63, 3.8) is 0 Å². The van der Waals surface area contributed by atoms with Crippen LogP contribution in [0.2, 0.25) is 0 Å². The number of aliphatic hydroxyl groups excluding tert-OH is 1. The van der Waals surface area contributed by atoms with Crippen molar-refractivity contribution in [2.45, 2.75) is 25.6 Å². The van der Waals surface area contributed by atoms with Gasteiger partial charge in [0, 0.05) is 6.07 Å². The molecule has 0 radical (unpaired) electrons. The fourth-order valence-electron chi connectivity index (χ4n) is 2.43. The molecule has 1 aliphatic rings. The average molecular weight is 268 g/mol. The minimum Gasteiger partial charge on any atom is -0.507 e. The number of fused-ring (bicyclic) bond motifs is 1. The molecule has 1 aromatic rings. The number of hydrogen-bond donors (Lipinski definition) is 3. The molecule has 2 rings (SSSR count). The van der Waals surface area contributed by atoms with Gasteiger partial charge in [-0.05, 0) is 18.1 Å². The van der Waals surface area contributed by atoms with Crippen LogP contribution < -0.4 is 4.74 Å². The lowest BCUT2D eigenvalue weighted by Crippen LogP contribution is -2.47. The molecule has 0 spiro atoms. The summed E-state index contributed by atoms with van der Waals surface area (Å²) in [6.45, 7) is 2.59. The maximum atomic E-state index is 11.9. The highest BCUT2D eigenvalue weighted by atomic mass is 16.7. The van der Waals surface area contributed by atoms with Crippen LogP contribution in [0.15, 0.2) is 6.07 Å². The van der Waals surface area contributed by atoms with Crippen molar-refractivity contribution in [3.8, 4) is 11.5 Å². The number of phenols is 1. The van der Waals surface area contributed by atoms with E-state index in [9.17, 15) is 20.1 Å². The lowest BCUT2D eigenvalue weighted by atomic mass is 9.83. The topological polar surface area (TPSA) is 96.2 Å². The summed E-state index contributed by atoms with van der Waals surface area (Å²) in [5, 5.41) is 29.3. The van der Waals surface area contributed by atoms with Crippen molar-refractivity contribution >= 4 is 5.97 Å². The molecule has 0 aliphatic carbocycles. The van der Waals surface area contributed by atoms with Crippen LogP contribution in [0.4, 0.5) is 0 Å². The molecule has 6 heteroatoms. The van der Waals surface area contributed by atoms with Crippen molar-refractivity contribution in [2.75, 3.05) is 13.7 Å². The largest absolute Gasteiger partial charge is 0.507 e. The van der Waals surface area contributed by atoms with Crippen molar-refractivity contribution < 1.29 is 29.6 Å². The average Bonchev–Trinajstić information content (AvgIpc) is 2.38. The Morgan fingerprint density at radius 1 is 1.53 bits per heavy atom. The van der Waals surface area contributed by atoms with E-state index in [0.29, 0.717) is 16.9 Å². The molecule has 6 nitrogen and oxygen atoms in total. The summed E-state index contributed by atoms with van der Waals surface area (Å²) in [6, 6.07) is 1.32. The van der Waals surface area contributed by atoms with Crippen LogP contribution in [-0.4, -0.2) is 40.8 Å². The molecular weight excluding hydrogens is 252 g/mol. The molecule has 1 aromatic carbocycles. The molecule has 0 saturated heterocycles. The number of aliphatic hydroxyl groups is 2. The molecule has 0 amide bonds. The van der Waals surface area contributed by atoms with Gasteiger partial charge in [-0.15, -0.1) is 0 Å². The molecule has 2 atom stereocenters. The zero-order chi connectivity index (χ0) is 14.4. The highest BCUT2D eigenvalue weighted by Crippen LogP contribution is 2.44. The number of methoxy groups -OCH3 is 1. The van der Waals surface area contributed by atoms with Crippen LogP contribution in [0.5, 0.6) is 11.5 Å². The number of benzene rings is 1. The van der Waals surface area contributed by atoms with Gasteiger partial charge >= 0.3 is 5.97 Å². The molecule has 0 aromatic heterocycles. The fourth-order valence-corrected chi connectivity index (χ4v) is 2.43. The summed E-state index contributed by atoms with van der Waals surface area (Å²) >= 11 is 0. The Morgan fingerprint density at radius 2 is 2.16 bits per heavy atom. The maximum Gasteiger partial charge on any atom is 0.344 e. The first-order chi connectivity index (χ1) is 8.85. The standard InChI is InChI=1S/C13H16O6/c1-6-9(18-3)4-8(15)11-10(6)7(2)13(17,5-14)19-12(11)16/h4,7,14-15,17H,5H2,1-3H3/t7-,13-/m0/s1. The monoisotopic (exact) mass is 268 g/mol. The normalized spacial score (nSPS) is 25.7. The second kappa shape index (κ2) is 4.40. The number of phenolic OH excluding ortho intramolecular Hbond substituents is 1. The van der Waals surface area contributed by atoms with E-state index in [2.05, 4.69) is 0 Å². The molecule has 0 bridgehead atoms. The number of carbonyl (C=O) groups is 1. The molecule has 1 heterocycles. The smallest absolute Gasteiger partial charge is 0.344 e. The highest BCUT2D eigenvalue weighted by molar-refractivity contribution is 5.96. The third-order valence-corrected chi connectivity index (χ3v) is 3.60. The summed E-state index contributed by atoms with van der Waals surface area (Å²) in [5.74, 6) is -3.42. The van der Waals surface area contributed by atoms with Crippen molar-refractivity contribution in [1.29, 1.82) is 0 Å². The lowest BCUT2D eigenvalue weighted by molar-refractivity contribution is -0.206. The summed E-state index contributed by atoms with van der Waals surface area (Å²) in [6.07, 6.45) is 0. The van der Waals surface area contributed by atoms with E-state index in [-0.39, 0.29) is 11.3 Å². The van der Waals surface area contributed by atoms with Gasteiger partial charge in [-0.25, -0.2) is 4.79 Å². The summed E-state index contributed by atoms with van der Waals surface area (Å²) in [7, 11) is 1.44. The first-order valence-corrected chi connectivity index (χ1v) is 5.82. The zero-order valence-corrected chi connectivity index (χ0v) is 10.9. The first kappa shape index (κ1) is 13.6. The van der Waals surface area contributed by atoms with Crippen LogP contribution >= 0.6 is 0 Å². The molecule has 19 heavy (non-hydrogen) atoms. The van der Waals surface area contributed by atoms with Gasteiger partial charge in [0.25, 0.3) is 0 Å². The van der Waals surface area contributed by atoms with Crippen molar-refractivity contribution in [1.82, 2.24) is 0 Å². The van der Waals surface area contributed by atoms with Gasteiger partial charge in [0.1, 0.15) is 23.7 Å². The number of cyclic esters (lactones) is 1. The SMILES string of the molecule is COc1cc(O)c2c(c1C)[C@H](C)[C@](O)(CO)OC2=O. The number of hydrogen-bond acceptors (Lipinski definition) is 6. The van der Waals surface area contributed by atoms with Crippen LogP contribution in [0, 0.1) is 6.92 Å². The van der Waals surface area contributed by atoms with Gasteiger partial charge in [-0.3, -0.25) is 0 Å². The Bertz CT molecular complexity index is 538. The predicted octanol–water partition coefficient (Wildman–Crippen LogP) is 0.664. The minimum absolute atomic E-state index is 0.00363. The van der Waals surface area contributed by atoms with Gasteiger partial charge in [0.2, 0.25) is 5.79 Å². The fraction of sp³-hybridized carbons (Fsp3) is 0.462. The second-order valence-corrected chi connectivity index (χ2v) is 4.63. The van der Waals surface area contributed by atoms with E-state index in [0.717, 1.165) is 0 Å². The summed E-state index contributed by atoms with van der Waals surface area (Å²) in [4.78, 5) is 11.9. The maximum absolute atomic E-state index is 11.9. The number of carbonyl (C=O) groups excluding carboxylic acids is 1. The Hall–Kier alpha value is -1.79. The van der Waals surface area contributed by atoms with Gasteiger partial charge in [0.05, 0.1) is 13.0 Å². The number of ether oxygens (including phenoxy) is 2. The van der Waals surface area contributed by atoms with Crippen molar-refractivity contribution in [2.24, 2.45) is 0 Å². The first-order valence-electron chi connectivity index (χ1n) is 5.82. The van der Waals surface area contributed by atoms with Gasteiger partial charge in [-0.2, -0.15) is 0 Å². The summed E-state index contributed by atoms with van der Waals surface area (Å²) in [5.41, 5.74) is 1.04. The Morgan fingerprint density at radius 3 is 2.68 bits per heavy atom. The van der Waals surface area contributed by atoms with E-state index in [1.54, 1.807) is 13.8 Å². The van der Waals surface area contributed by atoms with Crippen LogP contribution in [-0.2, 0) is 4.74 Å². The van der Waals surface area contributed by atoms with Crippen LogP contribution in [0.3, 0.4) is 0 Å². The van der Waals surface area contributed by atoms with E-state index in [4.69, 9.17) is 9.47 Å². The van der Waals surface area contributed by atoms with Crippen LogP contribution in [0.1, 0.15) is 34.3 Å². The van der Waals surface area contributed by atoms with E-state index >= 15 is 0 Å². The Balaban J connectivity index is 2.74. The molecule has 0 saturated carbocycles. The van der Waals surface area contributed by atoms with E-state index in [1.807, 2.05) is 0 Å². The Kier molecular flexibility index (Phi) is 3.15. The Labute approximate surface area is 110 Å². The van der Waals surface area contributed by atoms with Crippen molar-refractivity contribution in [3.05, 3.63) is 22.8 Å². The molecular formula is C13H16O6. The molecule has 0 unspecified atom stereocenters. The van der Waals surface area contributed by atoms with Gasteiger partial charge < -0.3 is 24.8 Å². The second-order valence-electron chi connectivity index (χ2n) is 4.63. The zero-order valence-electron chi connectivity index (χ0n) is 10.9. The minimum atomic E-state index is -1.99. The quantitative estimate of drug-likeness (QED) is 0.682. The van der Waals surface area contributed by atoms with Gasteiger partial charge in [-0.1, -0.05) is 6.92 Å². The molecule has 0 fully saturated rings. The van der Waals surface area contributed by atoms with E-state index < -0.39 is 24.3 Å². The third kappa shape index (κ3) is 1.84. The lowest BCUT2D eigenvalue weighted by Gasteiger charge is -2.38. The number of aromatic hydroxyl groups is 1. The molecule has 3 N–H and O–H groups in total. The number of rotatable bonds is 2. The highest BCUT2D eigenvalue weighted by Gasteiger charge is 2.47. The van der Waals surface area contributed by atoms with Crippen LogP contribution in [0.25, 0.3) is 0 Å². The third-order valence-electron chi connectivity index (χ3n) is 3.60. The number of esters is 1. The molecule has 1 aliphatic heterocycles. The predicted molar refractivity (Wildman–Crippen MR) is 65.3 cm³/mol. The molecule has 104 valence electrons. The summed E-state index contributed by atoms with van der Waals surface area (Å²) < 4.78 is 9.96.